The zero-order chi connectivity index (χ0) is 13.1. The lowest BCUT2D eigenvalue weighted by atomic mass is 10.2. The number of carbonyl (C=O) groups excluding carboxylic acids is 1. The molecule has 1 aromatic carbocycles. The molecule has 0 aliphatic carbocycles. The van der Waals surface area contributed by atoms with Gasteiger partial charge in [0.1, 0.15) is 0 Å². The predicted octanol–water partition coefficient (Wildman–Crippen LogP) is 2.88. The van der Waals surface area contributed by atoms with Crippen molar-refractivity contribution in [3.8, 4) is 0 Å². The molecule has 0 atom stereocenters. The third-order valence-corrected chi connectivity index (χ3v) is 2.84. The molecule has 1 amide bonds. The summed E-state index contributed by atoms with van der Waals surface area (Å²) in [6, 6.07) is 6.60. The summed E-state index contributed by atoms with van der Waals surface area (Å²) in [7, 11) is 0. The van der Waals surface area contributed by atoms with Gasteiger partial charge in [0.15, 0.2) is 0 Å². The van der Waals surface area contributed by atoms with Crippen LogP contribution in [0.25, 0.3) is 0 Å². The van der Waals surface area contributed by atoms with E-state index >= 15 is 0 Å². The number of nitrogens with two attached hydrogens (primary N) is 1. The molecule has 0 saturated heterocycles. The van der Waals surface area contributed by atoms with Crippen LogP contribution in [0.4, 0.5) is 11.4 Å². The Morgan fingerprint density at radius 1 is 1.39 bits per heavy atom. The van der Waals surface area contributed by atoms with Gasteiger partial charge in [-0.05, 0) is 36.8 Å². The first-order valence-corrected chi connectivity index (χ1v) is 5.72. The molecule has 2 aromatic rings. The predicted molar refractivity (Wildman–Crippen MR) is 72.8 cm³/mol. The van der Waals surface area contributed by atoms with Crippen molar-refractivity contribution in [1.82, 2.24) is 4.98 Å². The summed E-state index contributed by atoms with van der Waals surface area (Å²) in [5.41, 5.74) is 8.08. The number of nitrogen functional groups attached to an aromatic ring is 1. The van der Waals surface area contributed by atoms with Crippen molar-refractivity contribution in [3.05, 3.63) is 52.8 Å². The van der Waals surface area contributed by atoms with Crippen molar-refractivity contribution in [2.24, 2.45) is 0 Å². The Kier molecular flexibility index (Phi) is 3.48. The number of pyridine rings is 1. The number of halogens is 1. The number of rotatable bonds is 2. The van der Waals surface area contributed by atoms with Crippen molar-refractivity contribution in [1.29, 1.82) is 0 Å². The molecule has 0 aliphatic rings. The zero-order valence-corrected chi connectivity index (χ0v) is 10.5. The summed E-state index contributed by atoms with van der Waals surface area (Å²) in [5, 5.41) is 3.09. The van der Waals surface area contributed by atoms with Gasteiger partial charge in [-0.3, -0.25) is 9.78 Å². The molecule has 3 N–H and O–H groups in total. The van der Waals surface area contributed by atoms with Crippen molar-refractivity contribution in [3.63, 3.8) is 0 Å². The van der Waals surface area contributed by atoms with E-state index in [0.717, 1.165) is 5.56 Å². The standard InChI is InChI=1S/C13H12ClN3O/c1-8-4-5-16-7-12(8)17-13(18)10-3-2-9(15)6-11(10)14/h2-7H,15H2,1H3,(H,17,18). The molecular formula is C13H12ClN3O. The average molecular weight is 262 g/mol. The third kappa shape index (κ3) is 2.60. The van der Waals surface area contributed by atoms with Crippen LogP contribution in [0.3, 0.4) is 0 Å². The third-order valence-electron chi connectivity index (χ3n) is 2.53. The van der Waals surface area contributed by atoms with Crippen LogP contribution < -0.4 is 11.1 Å². The quantitative estimate of drug-likeness (QED) is 0.817. The number of amides is 1. The average Bonchev–Trinajstić information content (AvgIpc) is 2.32. The highest BCUT2D eigenvalue weighted by Gasteiger charge is 2.11. The Hall–Kier alpha value is -2.07. The maximum Gasteiger partial charge on any atom is 0.257 e. The Labute approximate surface area is 110 Å². The maximum absolute atomic E-state index is 12.0. The van der Waals surface area contributed by atoms with Gasteiger partial charge in [-0.15, -0.1) is 0 Å². The summed E-state index contributed by atoms with van der Waals surface area (Å²) in [6.07, 6.45) is 3.26. The minimum absolute atomic E-state index is 0.281. The summed E-state index contributed by atoms with van der Waals surface area (Å²) < 4.78 is 0. The summed E-state index contributed by atoms with van der Waals surface area (Å²) in [5.74, 6) is -0.281. The maximum atomic E-state index is 12.0. The Morgan fingerprint density at radius 3 is 2.83 bits per heavy atom. The fourth-order valence-electron chi connectivity index (χ4n) is 1.50. The second kappa shape index (κ2) is 5.06. The fraction of sp³-hybridized carbons (Fsp3) is 0.0769. The molecule has 92 valence electrons. The van der Waals surface area contributed by atoms with Crippen molar-refractivity contribution < 1.29 is 4.79 Å². The molecule has 0 bridgehead atoms. The van der Waals surface area contributed by atoms with E-state index < -0.39 is 0 Å². The minimum Gasteiger partial charge on any atom is -0.399 e. The van der Waals surface area contributed by atoms with E-state index in [0.29, 0.717) is 22.0 Å². The number of anilines is 2. The molecule has 5 heteroatoms. The Bertz CT molecular complexity index is 599. The summed E-state index contributed by atoms with van der Waals surface area (Å²) in [6.45, 7) is 1.89. The van der Waals surface area contributed by atoms with Gasteiger partial charge in [-0.2, -0.15) is 0 Å². The second-order valence-corrected chi connectivity index (χ2v) is 4.29. The molecule has 0 radical (unpaired) electrons. The normalized spacial score (nSPS) is 10.1. The smallest absolute Gasteiger partial charge is 0.257 e. The van der Waals surface area contributed by atoms with Crippen LogP contribution in [0.1, 0.15) is 15.9 Å². The molecule has 0 fully saturated rings. The van der Waals surface area contributed by atoms with E-state index in [9.17, 15) is 4.79 Å². The highest BCUT2D eigenvalue weighted by Crippen LogP contribution is 2.21. The first-order chi connectivity index (χ1) is 8.58. The number of carbonyl (C=O) groups is 1. The first kappa shape index (κ1) is 12.4. The molecule has 0 spiro atoms. The van der Waals surface area contributed by atoms with Gasteiger partial charge < -0.3 is 11.1 Å². The minimum atomic E-state index is -0.281. The van der Waals surface area contributed by atoms with Gasteiger partial charge in [0, 0.05) is 11.9 Å². The van der Waals surface area contributed by atoms with Crippen molar-refractivity contribution >= 4 is 28.9 Å². The molecule has 0 unspecified atom stereocenters. The summed E-state index contributed by atoms with van der Waals surface area (Å²) >= 11 is 5.97. The number of benzene rings is 1. The van der Waals surface area contributed by atoms with Crippen molar-refractivity contribution in [2.45, 2.75) is 6.92 Å². The van der Waals surface area contributed by atoms with Crippen LogP contribution in [-0.4, -0.2) is 10.9 Å². The molecule has 18 heavy (non-hydrogen) atoms. The lowest BCUT2D eigenvalue weighted by molar-refractivity contribution is 0.102. The number of hydrogen-bond donors (Lipinski definition) is 2. The van der Waals surface area contributed by atoms with Crippen molar-refractivity contribution in [2.75, 3.05) is 11.1 Å². The van der Waals surface area contributed by atoms with E-state index in [-0.39, 0.29) is 5.91 Å². The van der Waals surface area contributed by atoms with E-state index in [1.165, 1.54) is 0 Å². The molecule has 2 rings (SSSR count). The molecular weight excluding hydrogens is 250 g/mol. The highest BCUT2D eigenvalue weighted by atomic mass is 35.5. The zero-order valence-electron chi connectivity index (χ0n) is 9.77. The fourth-order valence-corrected chi connectivity index (χ4v) is 1.77. The first-order valence-electron chi connectivity index (χ1n) is 5.35. The topological polar surface area (TPSA) is 68.0 Å². The van der Waals surface area contributed by atoms with Crippen LogP contribution >= 0.6 is 11.6 Å². The van der Waals surface area contributed by atoms with Gasteiger partial charge in [-0.25, -0.2) is 0 Å². The molecule has 4 nitrogen and oxygen atoms in total. The van der Waals surface area contributed by atoms with Gasteiger partial charge in [0.2, 0.25) is 0 Å². The highest BCUT2D eigenvalue weighted by molar-refractivity contribution is 6.34. The van der Waals surface area contributed by atoms with Crippen LogP contribution in [-0.2, 0) is 0 Å². The van der Waals surface area contributed by atoms with E-state index in [1.807, 2.05) is 13.0 Å². The van der Waals surface area contributed by atoms with Gasteiger partial charge >= 0.3 is 0 Å². The van der Waals surface area contributed by atoms with Crippen LogP contribution in [0.2, 0.25) is 5.02 Å². The number of aryl methyl sites for hydroxylation is 1. The van der Waals surface area contributed by atoms with E-state index in [2.05, 4.69) is 10.3 Å². The molecule has 1 aromatic heterocycles. The lowest BCUT2D eigenvalue weighted by Gasteiger charge is -2.08. The number of aromatic nitrogens is 1. The lowest BCUT2D eigenvalue weighted by Crippen LogP contribution is -2.13. The monoisotopic (exact) mass is 261 g/mol. The summed E-state index contributed by atoms with van der Waals surface area (Å²) in [4.78, 5) is 16.0. The molecule has 1 heterocycles. The Morgan fingerprint density at radius 2 is 2.17 bits per heavy atom. The van der Waals surface area contributed by atoms with Crippen LogP contribution in [0, 0.1) is 6.92 Å². The number of nitrogens with one attached hydrogen (secondary N) is 1. The van der Waals surface area contributed by atoms with Gasteiger partial charge in [0.05, 0.1) is 22.5 Å². The number of nitrogens with zero attached hydrogens (tertiary/aromatic N) is 1. The van der Waals surface area contributed by atoms with Gasteiger partial charge in [0.25, 0.3) is 5.91 Å². The number of hydrogen-bond acceptors (Lipinski definition) is 3. The Balaban J connectivity index is 2.25. The molecule has 0 saturated carbocycles. The van der Waals surface area contributed by atoms with E-state index in [4.69, 9.17) is 17.3 Å². The largest absolute Gasteiger partial charge is 0.399 e. The van der Waals surface area contributed by atoms with Gasteiger partial charge in [-0.1, -0.05) is 11.6 Å². The molecule has 0 aliphatic heterocycles. The van der Waals surface area contributed by atoms with Crippen LogP contribution in [0.5, 0.6) is 0 Å². The second-order valence-electron chi connectivity index (χ2n) is 3.88. The van der Waals surface area contributed by atoms with Crippen LogP contribution in [0.15, 0.2) is 36.7 Å². The SMILES string of the molecule is Cc1ccncc1NC(=O)c1ccc(N)cc1Cl. The van der Waals surface area contributed by atoms with E-state index in [1.54, 1.807) is 30.6 Å².